The lowest BCUT2D eigenvalue weighted by Gasteiger charge is -2.23. The van der Waals surface area contributed by atoms with E-state index >= 15 is 0 Å². The summed E-state index contributed by atoms with van der Waals surface area (Å²) >= 11 is 0. The summed E-state index contributed by atoms with van der Waals surface area (Å²) in [6.07, 6.45) is 2.03. The molecule has 0 rings (SSSR count). The molecule has 0 aliphatic carbocycles. The van der Waals surface area contributed by atoms with E-state index < -0.39 is 0 Å². The molecule has 0 fully saturated rings. The first kappa shape index (κ1) is 7.96. The molecule has 0 aliphatic heterocycles. The molecule has 0 spiro atoms. The van der Waals surface area contributed by atoms with Crippen molar-refractivity contribution in [1.29, 1.82) is 0 Å². The Morgan fingerprint density at radius 3 is 2.00 bits per heavy atom. The Morgan fingerprint density at radius 2 is 2.00 bits per heavy atom. The molecule has 0 amide bonds. The van der Waals surface area contributed by atoms with Gasteiger partial charge in [-0.1, -0.05) is 26.8 Å². The molecule has 0 aliphatic rings. The molecule has 1 unspecified atom stereocenters. The summed E-state index contributed by atoms with van der Waals surface area (Å²) in [5.41, 5.74) is 0. The van der Waals surface area contributed by atoms with E-state index in [1.54, 1.807) is 0 Å². The van der Waals surface area contributed by atoms with E-state index in [4.69, 9.17) is 0 Å². The molecular weight excluding hydrogens is 112 g/mol. The van der Waals surface area contributed by atoms with Crippen LogP contribution in [-0.2, 0) is 0 Å². The fourth-order valence-corrected chi connectivity index (χ4v) is 0.589. The summed E-state index contributed by atoms with van der Waals surface area (Å²) in [6, 6.07) is 0. The van der Waals surface area contributed by atoms with Crippen molar-refractivity contribution >= 4 is 10.2 Å². The molecule has 0 aromatic carbocycles. The zero-order chi connectivity index (χ0) is 6.78. The van der Waals surface area contributed by atoms with Crippen LogP contribution in [0, 0.1) is 5.92 Å². The number of hydrogen-bond acceptors (Lipinski definition) is 0. The summed E-state index contributed by atoms with van der Waals surface area (Å²) in [6.45, 7) is 10.5. The zero-order valence-electron chi connectivity index (χ0n) is 6.36. The van der Waals surface area contributed by atoms with Gasteiger partial charge in [0, 0.05) is 10.2 Å². The fraction of sp³-hybridized carbons (Fsp3) is 0.714. The Balaban J connectivity index is 3.80. The van der Waals surface area contributed by atoms with Crippen molar-refractivity contribution in [2.75, 3.05) is 0 Å². The Bertz CT molecular complexity index is 78.9. The molecule has 48 valence electrons. The van der Waals surface area contributed by atoms with E-state index in [-0.39, 0.29) is 0 Å². The predicted molar refractivity (Wildman–Crippen MR) is 43.3 cm³/mol. The van der Waals surface area contributed by atoms with Gasteiger partial charge in [0.1, 0.15) is 0 Å². The van der Waals surface area contributed by atoms with Crippen LogP contribution in [0.4, 0.5) is 0 Å². The van der Waals surface area contributed by atoms with Crippen molar-refractivity contribution in [1.82, 2.24) is 0 Å². The molecule has 0 aromatic rings. The van der Waals surface area contributed by atoms with Gasteiger partial charge in [0.05, 0.1) is 0 Å². The zero-order valence-corrected chi connectivity index (χ0v) is 8.36. The normalized spacial score (nSPS) is 15.9. The van der Waals surface area contributed by atoms with Gasteiger partial charge in [-0.25, -0.2) is 0 Å². The summed E-state index contributed by atoms with van der Waals surface area (Å²) in [5.74, 6) is 0.675. The van der Waals surface area contributed by atoms with E-state index in [1.807, 2.05) is 6.08 Å². The van der Waals surface area contributed by atoms with Crippen LogP contribution in [0.25, 0.3) is 0 Å². The number of allylic oxidation sites excluding steroid dienone is 1. The quantitative estimate of drug-likeness (QED) is 0.389. The van der Waals surface area contributed by atoms with Crippen molar-refractivity contribution in [2.24, 2.45) is 5.92 Å². The van der Waals surface area contributed by atoms with Gasteiger partial charge in [0.25, 0.3) is 0 Å². The van der Waals surface area contributed by atoms with Gasteiger partial charge < -0.3 is 0 Å². The molecule has 0 saturated heterocycles. The summed E-state index contributed by atoms with van der Waals surface area (Å²) in [7, 11) is 1.25. The Labute approximate surface area is 55.4 Å². The minimum atomic E-state index is 0.530. The average molecular weight is 128 g/mol. The minimum Gasteiger partial charge on any atom is -0.103 e. The standard InChI is InChI=1S/C7H16Si/c1-5-6(2)7(3,4)8/h5-6H,1H2,2-4,8H3. The molecule has 0 aromatic heterocycles. The van der Waals surface area contributed by atoms with Gasteiger partial charge in [0.2, 0.25) is 0 Å². The molecule has 0 radical (unpaired) electrons. The first-order valence-corrected chi connectivity index (χ1v) is 4.11. The molecule has 0 heterocycles. The highest BCUT2D eigenvalue weighted by atomic mass is 28.1. The van der Waals surface area contributed by atoms with Gasteiger partial charge in [-0.05, 0) is 11.0 Å². The maximum absolute atomic E-state index is 3.75. The summed E-state index contributed by atoms with van der Waals surface area (Å²) < 4.78 is 0. The maximum atomic E-state index is 3.75. The highest BCUT2D eigenvalue weighted by Crippen LogP contribution is 2.29. The van der Waals surface area contributed by atoms with Crippen molar-refractivity contribution < 1.29 is 0 Å². The summed E-state index contributed by atoms with van der Waals surface area (Å²) in [5, 5.41) is 0.530. The third kappa shape index (κ3) is 2.31. The van der Waals surface area contributed by atoms with Gasteiger partial charge in [-0.2, -0.15) is 0 Å². The molecule has 0 bridgehead atoms. The van der Waals surface area contributed by atoms with E-state index in [0.29, 0.717) is 11.0 Å². The van der Waals surface area contributed by atoms with E-state index in [2.05, 4.69) is 27.4 Å². The van der Waals surface area contributed by atoms with Crippen LogP contribution in [0.1, 0.15) is 20.8 Å². The number of rotatable bonds is 2. The van der Waals surface area contributed by atoms with Crippen LogP contribution in [0.3, 0.4) is 0 Å². The second-order valence-electron chi connectivity index (χ2n) is 3.39. The number of hydrogen-bond donors (Lipinski definition) is 0. The minimum absolute atomic E-state index is 0.530. The highest BCUT2D eigenvalue weighted by Gasteiger charge is 2.15. The van der Waals surface area contributed by atoms with Gasteiger partial charge in [0.15, 0.2) is 0 Å². The van der Waals surface area contributed by atoms with E-state index in [9.17, 15) is 0 Å². The average Bonchev–Trinajstić information content (AvgIpc) is 1.62. The highest BCUT2D eigenvalue weighted by molar-refractivity contribution is 6.14. The second-order valence-corrected chi connectivity index (χ2v) is 5.97. The van der Waals surface area contributed by atoms with Crippen molar-refractivity contribution in [3.8, 4) is 0 Å². The first-order chi connectivity index (χ1) is 3.48. The van der Waals surface area contributed by atoms with Crippen LogP contribution >= 0.6 is 0 Å². The van der Waals surface area contributed by atoms with E-state index in [0.717, 1.165) is 0 Å². The molecule has 0 N–H and O–H groups in total. The smallest absolute Gasteiger partial charge is 0.0107 e. The van der Waals surface area contributed by atoms with Crippen LogP contribution < -0.4 is 0 Å². The lowest BCUT2D eigenvalue weighted by molar-refractivity contribution is 0.530. The summed E-state index contributed by atoms with van der Waals surface area (Å²) in [4.78, 5) is 0. The second kappa shape index (κ2) is 2.49. The molecule has 8 heavy (non-hydrogen) atoms. The topological polar surface area (TPSA) is 0 Å². The van der Waals surface area contributed by atoms with Crippen LogP contribution in [0.2, 0.25) is 5.04 Å². The van der Waals surface area contributed by atoms with Gasteiger partial charge >= 0.3 is 0 Å². The molecule has 0 saturated carbocycles. The van der Waals surface area contributed by atoms with Crippen molar-refractivity contribution in [3.05, 3.63) is 12.7 Å². The third-order valence-corrected chi connectivity index (χ3v) is 2.63. The van der Waals surface area contributed by atoms with Gasteiger partial charge in [-0.15, -0.1) is 6.58 Å². The Kier molecular flexibility index (Phi) is 2.48. The maximum Gasteiger partial charge on any atom is 0.0107 e. The Hall–Kier alpha value is -0.0431. The molecule has 0 nitrogen and oxygen atoms in total. The van der Waals surface area contributed by atoms with Crippen LogP contribution in [-0.4, -0.2) is 10.2 Å². The predicted octanol–water partition coefficient (Wildman–Crippen LogP) is 1.37. The largest absolute Gasteiger partial charge is 0.103 e. The lowest BCUT2D eigenvalue weighted by atomic mass is 9.97. The Morgan fingerprint density at radius 1 is 1.62 bits per heavy atom. The fourth-order valence-electron chi connectivity index (χ4n) is 0.354. The first-order valence-electron chi connectivity index (χ1n) is 3.11. The van der Waals surface area contributed by atoms with Crippen LogP contribution in [0.5, 0.6) is 0 Å². The molecule has 1 atom stereocenters. The molecule has 1 heteroatoms. The third-order valence-electron chi connectivity index (χ3n) is 1.72. The van der Waals surface area contributed by atoms with Crippen molar-refractivity contribution in [3.63, 3.8) is 0 Å². The SMILES string of the molecule is C=CC(C)C(C)(C)[SiH3]. The monoisotopic (exact) mass is 128 g/mol. The van der Waals surface area contributed by atoms with Crippen molar-refractivity contribution in [2.45, 2.75) is 25.8 Å². The van der Waals surface area contributed by atoms with E-state index in [1.165, 1.54) is 10.2 Å². The lowest BCUT2D eigenvalue weighted by Crippen LogP contribution is -2.11. The van der Waals surface area contributed by atoms with Crippen LogP contribution in [0.15, 0.2) is 12.7 Å². The van der Waals surface area contributed by atoms with Gasteiger partial charge in [-0.3, -0.25) is 0 Å². The molecular formula is C7H16Si.